The third kappa shape index (κ3) is 6.13. The first-order valence-corrected chi connectivity index (χ1v) is 11.3. The summed E-state index contributed by atoms with van der Waals surface area (Å²) in [4.78, 5) is 30.1. The largest absolute Gasteiger partial charge is 0.438 e. The molecule has 4 aromatic rings. The third-order valence-corrected chi connectivity index (χ3v) is 5.49. The van der Waals surface area contributed by atoms with Crippen LogP contribution >= 0.6 is 11.6 Å². The average Bonchev–Trinajstić information content (AvgIpc) is 2.89. The van der Waals surface area contributed by atoms with Crippen LogP contribution in [0.15, 0.2) is 76.4 Å². The minimum atomic E-state index is -0.802. The van der Waals surface area contributed by atoms with Crippen molar-refractivity contribution in [1.29, 1.82) is 0 Å². The van der Waals surface area contributed by atoms with Gasteiger partial charge in [0, 0.05) is 48.6 Å². The van der Waals surface area contributed by atoms with Crippen molar-refractivity contribution in [3.05, 3.63) is 98.4 Å². The lowest BCUT2D eigenvalue weighted by Gasteiger charge is -2.17. The fourth-order valence-corrected chi connectivity index (χ4v) is 3.45. The van der Waals surface area contributed by atoms with Crippen LogP contribution in [0.1, 0.15) is 5.56 Å². The molecule has 186 valence electrons. The molecule has 0 spiro atoms. The number of hydrogen-bond donors (Lipinski definition) is 3. The summed E-state index contributed by atoms with van der Waals surface area (Å²) in [6, 6.07) is 17.1. The van der Waals surface area contributed by atoms with E-state index in [9.17, 15) is 19.8 Å². The predicted molar refractivity (Wildman–Crippen MR) is 133 cm³/mol. The van der Waals surface area contributed by atoms with E-state index in [0.717, 1.165) is 10.1 Å². The lowest BCUT2D eigenvalue weighted by molar-refractivity contribution is 0.134. The number of aromatic nitrogens is 5. The molecule has 2 aromatic heterocycles. The molecular formula is C24H23ClN6O5. The fraction of sp³-hybridized carbons (Fsp3) is 0.208. The molecule has 11 nitrogen and oxygen atoms in total. The van der Waals surface area contributed by atoms with Crippen molar-refractivity contribution < 1.29 is 14.9 Å². The van der Waals surface area contributed by atoms with Crippen molar-refractivity contribution in [2.24, 2.45) is 5.92 Å². The Balaban J connectivity index is 1.66. The van der Waals surface area contributed by atoms with Gasteiger partial charge in [-0.1, -0.05) is 23.7 Å². The first-order valence-electron chi connectivity index (χ1n) is 11.0. The molecule has 2 aromatic carbocycles. The van der Waals surface area contributed by atoms with Gasteiger partial charge in [0.1, 0.15) is 5.75 Å². The fourth-order valence-electron chi connectivity index (χ4n) is 3.33. The van der Waals surface area contributed by atoms with Crippen LogP contribution in [0.4, 0.5) is 11.6 Å². The first-order chi connectivity index (χ1) is 17.5. The SMILES string of the molecule is O=c1nc(Nc2ccc(Oc3cccnn3)cc2)n(Cc2ccc(Cl)cc2)c(=O)n1CC(CO)CO. The summed E-state index contributed by atoms with van der Waals surface area (Å²) in [5.41, 5.74) is -0.129. The van der Waals surface area contributed by atoms with E-state index in [4.69, 9.17) is 16.3 Å². The normalized spacial score (nSPS) is 11.0. The standard InChI is InChI=1S/C24H23ClN6O5/c25-18-5-3-16(4-6-18)12-30-22(28-23(34)31(24(30)35)13-17(14-32)15-33)27-19-7-9-20(10-8-19)36-21-2-1-11-26-29-21/h1-11,17,32-33H,12-15H2,(H,27,28,34). The molecule has 0 radical (unpaired) electrons. The molecule has 12 heteroatoms. The Morgan fingerprint density at radius 3 is 2.33 bits per heavy atom. The summed E-state index contributed by atoms with van der Waals surface area (Å²) >= 11 is 5.98. The second-order valence-electron chi connectivity index (χ2n) is 7.87. The van der Waals surface area contributed by atoms with Crippen molar-refractivity contribution in [2.45, 2.75) is 13.1 Å². The van der Waals surface area contributed by atoms with Gasteiger partial charge in [0.2, 0.25) is 11.8 Å². The Bertz CT molecular complexity index is 1400. The lowest BCUT2D eigenvalue weighted by atomic mass is 10.2. The van der Waals surface area contributed by atoms with E-state index in [-0.39, 0.29) is 32.3 Å². The van der Waals surface area contributed by atoms with Crippen LogP contribution < -0.4 is 21.4 Å². The first kappa shape index (κ1) is 25.0. The molecule has 0 saturated heterocycles. The summed E-state index contributed by atoms with van der Waals surface area (Å²) < 4.78 is 7.84. The van der Waals surface area contributed by atoms with Crippen LogP contribution in [0.2, 0.25) is 5.02 Å². The number of aliphatic hydroxyl groups is 2. The van der Waals surface area contributed by atoms with Gasteiger partial charge in [-0.3, -0.25) is 4.57 Å². The van der Waals surface area contributed by atoms with Crippen molar-refractivity contribution in [1.82, 2.24) is 24.3 Å². The molecule has 0 unspecified atom stereocenters. The van der Waals surface area contributed by atoms with Gasteiger partial charge < -0.3 is 20.3 Å². The molecule has 0 fully saturated rings. The minimum Gasteiger partial charge on any atom is -0.438 e. The molecule has 4 rings (SSSR count). The maximum Gasteiger partial charge on any atom is 0.354 e. The molecular weight excluding hydrogens is 488 g/mol. The molecule has 0 aliphatic heterocycles. The van der Waals surface area contributed by atoms with Gasteiger partial charge in [-0.25, -0.2) is 14.2 Å². The molecule has 0 amide bonds. The van der Waals surface area contributed by atoms with Gasteiger partial charge in [-0.2, -0.15) is 10.1 Å². The zero-order chi connectivity index (χ0) is 25.5. The third-order valence-electron chi connectivity index (χ3n) is 5.24. The zero-order valence-corrected chi connectivity index (χ0v) is 19.7. The number of ether oxygens (including phenoxy) is 1. The van der Waals surface area contributed by atoms with Crippen molar-refractivity contribution >= 4 is 23.2 Å². The zero-order valence-electron chi connectivity index (χ0n) is 19.0. The van der Waals surface area contributed by atoms with Gasteiger partial charge in [-0.05, 0) is 48.0 Å². The van der Waals surface area contributed by atoms with Gasteiger partial charge in [0.15, 0.2) is 0 Å². The molecule has 0 aliphatic rings. The van der Waals surface area contributed by atoms with E-state index in [1.54, 1.807) is 60.7 Å². The summed E-state index contributed by atoms with van der Waals surface area (Å²) in [6.07, 6.45) is 1.54. The highest BCUT2D eigenvalue weighted by Gasteiger charge is 2.17. The Morgan fingerprint density at radius 1 is 0.972 bits per heavy atom. The number of rotatable bonds is 10. The Hall–Kier alpha value is -4.06. The summed E-state index contributed by atoms with van der Waals surface area (Å²) in [5.74, 6) is 0.205. The summed E-state index contributed by atoms with van der Waals surface area (Å²) in [5, 5.41) is 30.0. The summed E-state index contributed by atoms with van der Waals surface area (Å²) in [7, 11) is 0. The Labute approximate surface area is 210 Å². The number of aliphatic hydroxyl groups excluding tert-OH is 2. The predicted octanol–water partition coefficient (Wildman–Crippen LogP) is 2.03. The smallest absolute Gasteiger partial charge is 0.354 e. The van der Waals surface area contributed by atoms with Crippen LogP contribution in [-0.4, -0.2) is 47.7 Å². The van der Waals surface area contributed by atoms with Gasteiger partial charge >= 0.3 is 11.4 Å². The van der Waals surface area contributed by atoms with Crippen molar-refractivity contribution in [2.75, 3.05) is 18.5 Å². The number of anilines is 2. The number of hydrogen-bond acceptors (Lipinski definition) is 9. The molecule has 0 atom stereocenters. The highest BCUT2D eigenvalue weighted by atomic mass is 35.5. The molecule has 36 heavy (non-hydrogen) atoms. The van der Waals surface area contributed by atoms with E-state index in [1.165, 1.54) is 10.8 Å². The highest BCUT2D eigenvalue weighted by molar-refractivity contribution is 6.30. The number of halogens is 1. The lowest BCUT2D eigenvalue weighted by Crippen LogP contribution is -2.44. The Morgan fingerprint density at radius 2 is 1.69 bits per heavy atom. The molecule has 2 heterocycles. The average molecular weight is 511 g/mol. The number of nitrogens with one attached hydrogen (secondary N) is 1. The monoisotopic (exact) mass is 510 g/mol. The van der Waals surface area contributed by atoms with Crippen LogP contribution in [0, 0.1) is 5.92 Å². The van der Waals surface area contributed by atoms with Gasteiger partial charge in [0.05, 0.1) is 6.54 Å². The second-order valence-corrected chi connectivity index (χ2v) is 8.30. The number of nitrogens with zero attached hydrogens (tertiary/aromatic N) is 5. The molecule has 0 saturated carbocycles. The van der Waals surface area contributed by atoms with Gasteiger partial charge in [0.25, 0.3) is 0 Å². The topological polar surface area (TPSA) is 144 Å². The molecule has 3 N–H and O–H groups in total. The molecule has 0 aliphatic carbocycles. The minimum absolute atomic E-state index is 0.0309. The van der Waals surface area contributed by atoms with Crippen LogP contribution in [0.25, 0.3) is 0 Å². The quantitative estimate of drug-likeness (QED) is 0.292. The summed E-state index contributed by atoms with van der Waals surface area (Å²) in [6.45, 7) is -0.847. The maximum absolute atomic E-state index is 13.3. The van der Waals surface area contributed by atoms with E-state index in [1.807, 2.05) is 0 Å². The second kappa shape index (κ2) is 11.6. The van der Waals surface area contributed by atoms with Crippen LogP contribution in [0.5, 0.6) is 11.6 Å². The van der Waals surface area contributed by atoms with E-state index in [2.05, 4.69) is 20.5 Å². The maximum atomic E-state index is 13.3. The van der Waals surface area contributed by atoms with Crippen LogP contribution in [0.3, 0.4) is 0 Å². The van der Waals surface area contributed by atoms with E-state index in [0.29, 0.717) is 22.3 Å². The Kier molecular flexibility index (Phi) is 8.06. The van der Waals surface area contributed by atoms with Crippen molar-refractivity contribution in [3.63, 3.8) is 0 Å². The van der Waals surface area contributed by atoms with Gasteiger partial charge in [-0.15, -0.1) is 5.10 Å². The van der Waals surface area contributed by atoms with E-state index >= 15 is 0 Å². The number of benzene rings is 2. The molecule has 0 bridgehead atoms. The highest BCUT2D eigenvalue weighted by Crippen LogP contribution is 2.22. The van der Waals surface area contributed by atoms with Crippen LogP contribution in [-0.2, 0) is 13.1 Å². The van der Waals surface area contributed by atoms with E-state index < -0.39 is 17.3 Å². The van der Waals surface area contributed by atoms with Crippen molar-refractivity contribution in [3.8, 4) is 11.6 Å².